The van der Waals surface area contributed by atoms with Crippen LogP contribution in [0.4, 0.5) is 17.1 Å². The van der Waals surface area contributed by atoms with Gasteiger partial charge in [0.25, 0.3) is 5.69 Å². The Labute approximate surface area is 204 Å². The van der Waals surface area contributed by atoms with E-state index in [-0.39, 0.29) is 36.1 Å². The molecule has 10 nitrogen and oxygen atoms in total. The van der Waals surface area contributed by atoms with Gasteiger partial charge in [0.05, 0.1) is 30.5 Å². The number of amides is 2. The molecular formula is C25H31N5O5. The van der Waals surface area contributed by atoms with Crippen molar-refractivity contribution >= 4 is 28.9 Å². The first kappa shape index (κ1) is 24.5. The topological polar surface area (TPSA) is 117 Å². The normalized spacial score (nSPS) is 19.5. The number of nitro benzene ring substituents is 1. The molecule has 2 aromatic carbocycles. The molecule has 2 N–H and O–H groups in total. The van der Waals surface area contributed by atoms with Gasteiger partial charge >= 0.3 is 0 Å². The van der Waals surface area contributed by atoms with E-state index >= 15 is 0 Å². The lowest BCUT2D eigenvalue weighted by atomic mass is 9.83. The average molecular weight is 482 g/mol. The van der Waals surface area contributed by atoms with Crippen LogP contribution < -0.4 is 20.3 Å². The number of nitrogens with one attached hydrogen (secondary N) is 2. The SMILES string of the molecule is COc1cccc(NC(=O)C2Cc3cc([N+](=O)[O-])ccc3N3CCN(CC(=O)NC(C)C)CC23)c1. The Bertz CT molecular complexity index is 1120. The van der Waals surface area contributed by atoms with E-state index in [1.807, 2.05) is 13.8 Å². The number of non-ortho nitro benzene ring substituents is 1. The summed E-state index contributed by atoms with van der Waals surface area (Å²) in [6.07, 6.45) is 0.375. The Hall–Kier alpha value is -3.66. The maximum absolute atomic E-state index is 13.5. The molecule has 2 unspecified atom stereocenters. The van der Waals surface area contributed by atoms with Crippen molar-refractivity contribution in [2.75, 3.05) is 43.5 Å². The summed E-state index contributed by atoms with van der Waals surface area (Å²) >= 11 is 0. The molecule has 2 amide bonds. The molecule has 2 atom stereocenters. The highest BCUT2D eigenvalue weighted by Gasteiger charge is 2.42. The predicted molar refractivity (Wildman–Crippen MR) is 133 cm³/mol. The summed E-state index contributed by atoms with van der Waals surface area (Å²) in [7, 11) is 1.57. The Morgan fingerprint density at radius 2 is 2.00 bits per heavy atom. The summed E-state index contributed by atoms with van der Waals surface area (Å²) < 4.78 is 5.26. The van der Waals surface area contributed by atoms with Gasteiger partial charge in [0.1, 0.15) is 5.75 Å². The fraction of sp³-hybridized carbons (Fsp3) is 0.440. The van der Waals surface area contributed by atoms with Crippen molar-refractivity contribution in [3.05, 3.63) is 58.1 Å². The van der Waals surface area contributed by atoms with Crippen molar-refractivity contribution in [1.29, 1.82) is 0 Å². The van der Waals surface area contributed by atoms with Crippen LogP contribution in [0, 0.1) is 16.0 Å². The highest BCUT2D eigenvalue weighted by molar-refractivity contribution is 5.94. The van der Waals surface area contributed by atoms with E-state index in [2.05, 4.69) is 20.4 Å². The Morgan fingerprint density at radius 1 is 1.20 bits per heavy atom. The second kappa shape index (κ2) is 10.3. The molecular weight excluding hydrogens is 450 g/mol. The molecule has 186 valence electrons. The Morgan fingerprint density at radius 3 is 2.71 bits per heavy atom. The number of anilines is 2. The summed E-state index contributed by atoms with van der Waals surface area (Å²) in [5.41, 5.74) is 2.33. The first-order chi connectivity index (χ1) is 16.7. The number of ether oxygens (including phenoxy) is 1. The van der Waals surface area contributed by atoms with Gasteiger partial charge in [-0.15, -0.1) is 0 Å². The fourth-order valence-corrected chi connectivity index (χ4v) is 4.93. The second-order valence-corrected chi connectivity index (χ2v) is 9.32. The Kier molecular flexibility index (Phi) is 7.20. The molecule has 0 saturated carbocycles. The van der Waals surface area contributed by atoms with E-state index in [0.29, 0.717) is 37.5 Å². The molecule has 0 aliphatic carbocycles. The highest BCUT2D eigenvalue weighted by Crippen LogP contribution is 2.38. The third kappa shape index (κ3) is 5.54. The number of hydrogen-bond donors (Lipinski definition) is 2. The van der Waals surface area contributed by atoms with Crippen molar-refractivity contribution in [3.8, 4) is 5.75 Å². The summed E-state index contributed by atoms with van der Waals surface area (Å²) in [5.74, 6) is -0.0303. The zero-order valence-electron chi connectivity index (χ0n) is 20.2. The maximum atomic E-state index is 13.5. The molecule has 10 heteroatoms. The van der Waals surface area contributed by atoms with Crippen molar-refractivity contribution in [3.63, 3.8) is 0 Å². The first-order valence-electron chi connectivity index (χ1n) is 11.8. The van der Waals surface area contributed by atoms with E-state index in [4.69, 9.17) is 4.74 Å². The van der Waals surface area contributed by atoms with Crippen LogP contribution in [0.2, 0.25) is 0 Å². The molecule has 2 aliphatic rings. The number of hydrogen-bond acceptors (Lipinski definition) is 7. The van der Waals surface area contributed by atoms with Crippen LogP contribution in [0.5, 0.6) is 5.75 Å². The maximum Gasteiger partial charge on any atom is 0.269 e. The van der Waals surface area contributed by atoms with Crippen molar-refractivity contribution in [2.45, 2.75) is 32.4 Å². The molecule has 0 radical (unpaired) electrons. The zero-order valence-corrected chi connectivity index (χ0v) is 20.2. The van der Waals surface area contributed by atoms with E-state index in [9.17, 15) is 19.7 Å². The fourth-order valence-electron chi connectivity index (χ4n) is 4.93. The molecule has 4 rings (SSSR count). The molecule has 0 bridgehead atoms. The molecule has 35 heavy (non-hydrogen) atoms. The van der Waals surface area contributed by atoms with Gasteiger partial charge in [0.2, 0.25) is 11.8 Å². The van der Waals surface area contributed by atoms with Gasteiger partial charge in [-0.25, -0.2) is 0 Å². The van der Waals surface area contributed by atoms with Crippen LogP contribution in [0.1, 0.15) is 19.4 Å². The van der Waals surface area contributed by atoms with Crippen LogP contribution in [-0.2, 0) is 16.0 Å². The van der Waals surface area contributed by atoms with Gasteiger partial charge in [-0.3, -0.25) is 24.6 Å². The standard InChI is InChI=1S/C25H31N5O5/c1-16(2)26-24(31)15-28-9-10-29-22-8-7-19(30(33)34)11-17(22)12-21(23(29)14-28)25(32)27-18-5-4-6-20(13-18)35-3/h4-8,11,13,16,21,23H,9-10,12,14-15H2,1-3H3,(H,26,31)(H,27,32). The summed E-state index contributed by atoms with van der Waals surface area (Å²) in [6.45, 7) is 5.92. The monoisotopic (exact) mass is 481 g/mol. The Balaban J connectivity index is 1.60. The number of rotatable bonds is 7. The van der Waals surface area contributed by atoms with Crippen LogP contribution in [0.25, 0.3) is 0 Å². The van der Waals surface area contributed by atoms with Crippen molar-refractivity contribution < 1.29 is 19.2 Å². The van der Waals surface area contributed by atoms with Crippen LogP contribution in [-0.4, -0.2) is 67.0 Å². The zero-order chi connectivity index (χ0) is 25.1. The van der Waals surface area contributed by atoms with Gasteiger partial charge in [-0.2, -0.15) is 0 Å². The van der Waals surface area contributed by atoms with Gasteiger partial charge in [0.15, 0.2) is 0 Å². The van der Waals surface area contributed by atoms with E-state index in [0.717, 1.165) is 11.3 Å². The first-order valence-corrected chi connectivity index (χ1v) is 11.8. The third-order valence-corrected chi connectivity index (χ3v) is 6.48. The van der Waals surface area contributed by atoms with Crippen LogP contribution in [0.15, 0.2) is 42.5 Å². The quantitative estimate of drug-likeness (QED) is 0.461. The van der Waals surface area contributed by atoms with Gasteiger partial charge in [0, 0.05) is 55.2 Å². The van der Waals surface area contributed by atoms with Crippen LogP contribution in [0.3, 0.4) is 0 Å². The molecule has 2 heterocycles. The number of benzene rings is 2. The van der Waals surface area contributed by atoms with E-state index < -0.39 is 10.8 Å². The largest absolute Gasteiger partial charge is 0.497 e. The number of methoxy groups -OCH3 is 1. The molecule has 1 saturated heterocycles. The van der Waals surface area contributed by atoms with Crippen molar-refractivity contribution in [1.82, 2.24) is 10.2 Å². The molecule has 1 fully saturated rings. The number of nitro groups is 1. The number of nitrogens with zero attached hydrogens (tertiary/aromatic N) is 3. The molecule has 2 aromatic rings. The summed E-state index contributed by atoms with van der Waals surface area (Å²) in [6, 6.07) is 11.9. The lowest BCUT2D eigenvalue weighted by Crippen LogP contribution is -2.61. The smallest absolute Gasteiger partial charge is 0.269 e. The van der Waals surface area contributed by atoms with Gasteiger partial charge in [-0.05, 0) is 44.0 Å². The van der Waals surface area contributed by atoms with Gasteiger partial charge < -0.3 is 20.3 Å². The van der Waals surface area contributed by atoms with E-state index in [1.54, 1.807) is 43.5 Å². The number of piperazine rings is 1. The summed E-state index contributed by atoms with van der Waals surface area (Å²) in [5, 5.41) is 17.3. The predicted octanol–water partition coefficient (Wildman–Crippen LogP) is 2.43. The van der Waals surface area contributed by atoms with Gasteiger partial charge in [-0.1, -0.05) is 6.07 Å². The number of fused-ring (bicyclic) bond motifs is 3. The number of carbonyl (C=O) groups is 2. The minimum absolute atomic E-state index is 0.0122. The minimum atomic E-state index is -0.452. The molecule has 0 spiro atoms. The lowest BCUT2D eigenvalue weighted by molar-refractivity contribution is -0.384. The third-order valence-electron chi connectivity index (χ3n) is 6.48. The highest BCUT2D eigenvalue weighted by atomic mass is 16.6. The summed E-state index contributed by atoms with van der Waals surface area (Å²) in [4.78, 5) is 41.1. The average Bonchev–Trinajstić information content (AvgIpc) is 2.82. The number of carbonyl (C=O) groups excluding carboxylic acids is 2. The van der Waals surface area contributed by atoms with E-state index in [1.165, 1.54) is 6.07 Å². The minimum Gasteiger partial charge on any atom is -0.497 e. The van der Waals surface area contributed by atoms with Crippen LogP contribution >= 0.6 is 0 Å². The molecule has 0 aromatic heterocycles. The second-order valence-electron chi connectivity index (χ2n) is 9.32. The lowest BCUT2D eigenvalue weighted by Gasteiger charge is -2.49. The molecule has 2 aliphatic heterocycles. The van der Waals surface area contributed by atoms with Crippen molar-refractivity contribution in [2.24, 2.45) is 5.92 Å².